The van der Waals surface area contributed by atoms with Crippen molar-refractivity contribution in [2.24, 2.45) is 5.92 Å². The predicted molar refractivity (Wildman–Crippen MR) is 95.7 cm³/mol. The van der Waals surface area contributed by atoms with Gasteiger partial charge in [0, 0.05) is 11.8 Å². The fraction of sp³-hybridized carbons (Fsp3) is 0.667. The van der Waals surface area contributed by atoms with Gasteiger partial charge in [0.1, 0.15) is 5.75 Å². The van der Waals surface area contributed by atoms with Crippen LogP contribution < -0.4 is 10.1 Å². The zero-order chi connectivity index (χ0) is 15.8. The summed E-state index contributed by atoms with van der Waals surface area (Å²) in [4.78, 5) is 0. The van der Waals surface area contributed by atoms with Gasteiger partial charge in [-0.1, -0.05) is 26.8 Å². The molecule has 0 saturated heterocycles. The molecule has 1 N–H and O–H groups in total. The van der Waals surface area contributed by atoms with Crippen molar-refractivity contribution in [3.63, 3.8) is 0 Å². The Morgan fingerprint density at radius 3 is 2.43 bits per heavy atom. The standard InChI is InChI=1S/C18H31NOS/c1-7-8-19-17(12-21-11-13(2)3)16-9-15(5)18(20-6)10-14(16)4/h9-10,13,17,19H,7-8,11-12H2,1-6H3. The fourth-order valence-corrected chi connectivity index (χ4v) is 3.55. The maximum Gasteiger partial charge on any atom is 0.122 e. The van der Waals surface area contributed by atoms with Gasteiger partial charge in [-0.25, -0.2) is 0 Å². The Balaban J connectivity index is 2.88. The highest BCUT2D eigenvalue weighted by Gasteiger charge is 2.15. The lowest BCUT2D eigenvalue weighted by molar-refractivity contribution is 0.411. The first-order valence-corrected chi connectivity index (χ1v) is 9.11. The summed E-state index contributed by atoms with van der Waals surface area (Å²) in [6, 6.07) is 4.88. The van der Waals surface area contributed by atoms with Crippen molar-refractivity contribution in [1.29, 1.82) is 0 Å². The van der Waals surface area contributed by atoms with Gasteiger partial charge < -0.3 is 10.1 Å². The van der Waals surface area contributed by atoms with Gasteiger partial charge in [-0.15, -0.1) is 0 Å². The van der Waals surface area contributed by atoms with Crippen molar-refractivity contribution in [3.8, 4) is 5.75 Å². The lowest BCUT2D eigenvalue weighted by Crippen LogP contribution is -2.25. The fourth-order valence-electron chi connectivity index (χ4n) is 2.41. The van der Waals surface area contributed by atoms with E-state index in [4.69, 9.17) is 4.74 Å². The van der Waals surface area contributed by atoms with Gasteiger partial charge in [0.2, 0.25) is 0 Å². The van der Waals surface area contributed by atoms with E-state index >= 15 is 0 Å². The topological polar surface area (TPSA) is 21.3 Å². The van der Waals surface area contributed by atoms with Crippen molar-refractivity contribution in [3.05, 3.63) is 28.8 Å². The Bertz CT molecular complexity index is 431. The summed E-state index contributed by atoms with van der Waals surface area (Å²) in [6.45, 7) is 12.2. The van der Waals surface area contributed by atoms with Crippen LogP contribution in [-0.2, 0) is 0 Å². The van der Waals surface area contributed by atoms with Crippen LogP contribution >= 0.6 is 11.8 Å². The molecule has 0 radical (unpaired) electrons. The van der Waals surface area contributed by atoms with Gasteiger partial charge in [-0.05, 0) is 61.2 Å². The van der Waals surface area contributed by atoms with E-state index in [0.29, 0.717) is 6.04 Å². The van der Waals surface area contributed by atoms with Crippen LogP contribution in [0.3, 0.4) is 0 Å². The minimum absolute atomic E-state index is 0.429. The number of thioether (sulfide) groups is 1. The third-order valence-electron chi connectivity index (χ3n) is 3.54. The second-order valence-electron chi connectivity index (χ2n) is 6.12. The molecule has 0 fully saturated rings. The molecular formula is C18H31NOS. The number of ether oxygens (including phenoxy) is 1. The van der Waals surface area contributed by atoms with E-state index in [1.54, 1.807) is 7.11 Å². The van der Waals surface area contributed by atoms with Crippen molar-refractivity contribution in [1.82, 2.24) is 5.32 Å². The van der Waals surface area contributed by atoms with E-state index in [1.807, 2.05) is 11.8 Å². The van der Waals surface area contributed by atoms with Gasteiger partial charge >= 0.3 is 0 Å². The highest BCUT2D eigenvalue weighted by molar-refractivity contribution is 7.99. The first kappa shape index (κ1) is 18.4. The lowest BCUT2D eigenvalue weighted by atomic mass is 9.99. The summed E-state index contributed by atoms with van der Waals surface area (Å²) in [5.41, 5.74) is 3.95. The van der Waals surface area contributed by atoms with Crippen LogP contribution in [0.1, 0.15) is 49.9 Å². The van der Waals surface area contributed by atoms with Gasteiger partial charge in [0.05, 0.1) is 7.11 Å². The van der Waals surface area contributed by atoms with Gasteiger partial charge in [-0.3, -0.25) is 0 Å². The Kier molecular flexibility index (Phi) is 8.20. The van der Waals surface area contributed by atoms with Crippen LogP contribution in [0.5, 0.6) is 5.75 Å². The second-order valence-corrected chi connectivity index (χ2v) is 7.19. The Hall–Kier alpha value is -0.670. The molecule has 1 unspecified atom stereocenters. The molecule has 1 atom stereocenters. The Morgan fingerprint density at radius 2 is 1.86 bits per heavy atom. The molecular weight excluding hydrogens is 278 g/mol. The normalized spacial score (nSPS) is 12.7. The van der Waals surface area contributed by atoms with Crippen molar-refractivity contribution in [2.45, 2.75) is 47.1 Å². The molecule has 0 amide bonds. The molecule has 1 aromatic carbocycles. The zero-order valence-electron chi connectivity index (χ0n) is 14.5. The van der Waals surface area contributed by atoms with E-state index in [-0.39, 0.29) is 0 Å². The molecule has 0 aromatic heterocycles. The summed E-state index contributed by atoms with van der Waals surface area (Å²) in [5.74, 6) is 4.09. The van der Waals surface area contributed by atoms with Crippen LogP contribution in [0.25, 0.3) is 0 Å². The number of benzene rings is 1. The first-order chi connectivity index (χ1) is 9.99. The average Bonchev–Trinajstić information content (AvgIpc) is 2.44. The number of aryl methyl sites for hydroxylation is 2. The predicted octanol–water partition coefficient (Wildman–Crippen LogP) is 4.74. The highest BCUT2D eigenvalue weighted by atomic mass is 32.2. The molecule has 2 nitrogen and oxygen atoms in total. The van der Waals surface area contributed by atoms with Crippen LogP contribution in [-0.4, -0.2) is 25.2 Å². The summed E-state index contributed by atoms with van der Waals surface area (Å²) in [5, 5.41) is 3.70. The highest BCUT2D eigenvalue weighted by Crippen LogP contribution is 2.29. The summed E-state index contributed by atoms with van der Waals surface area (Å²) in [6.07, 6.45) is 1.17. The van der Waals surface area contributed by atoms with Crippen molar-refractivity contribution in [2.75, 3.05) is 25.2 Å². The Labute approximate surface area is 135 Å². The molecule has 3 heteroatoms. The second kappa shape index (κ2) is 9.37. The number of rotatable bonds is 9. The number of nitrogens with one attached hydrogen (secondary N) is 1. The summed E-state index contributed by atoms with van der Waals surface area (Å²) >= 11 is 2.05. The molecule has 0 spiro atoms. The number of hydrogen-bond donors (Lipinski definition) is 1. The van der Waals surface area contributed by atoms with E-state index < -0.39 is 0 Å². The zero-order valence-corrected chi connectivity index (χ0v) is 15.3. The maximum absolute atomic E-state index is 5.43. The molecule has 0 saturated carbocycles. The molecule has 21 heavy (non-hydrogen) atoms. The molecule has 0 bridgehead atoms. The van der Waals surface area contributed by atoms with E-state index in [1.165, 1.54) is 28.9 Å². The first-order valence-electron chi connectivity index (χ1n) is 7.95. The molecule has 120 valence electrons. The van der Waals surface area contributed by atoms with E-state index in [0.717, 1.165) is 24.0 Å². The Morgan fingerprint density at radius 1 is 1.14 bits per heavy atom. The minimum Gasteiger partial charge on any atom is -0.496 e. The summed E-state index contributed by atoms with van der Waals surface area (Å²) < 4.78 is 5.43. The number of hydrogen-bond acceptors (Lipinski definition) is 3. The maximum atomic E-state index is 5.43. The lowest BCUT2D eigenvalue weighted by Gasteiger charge is -2.22. The minimum atomic E-state index is 0.429. The van der Waals surface area contributed by atoms with E-state index in [2.05, 4.69) is 52.1 Å². The SMILES string of the molecule is CCCNC(CSCC(C)C)c1cc(C)c(OC)cc1C. The molecule has 1 rings (SSSR count). The van der Waals surface area contributed by atoms with Crippen LogP contribution in [0.15, 0.2) is 12.1 Å². The van der Waals surface area contributed by atoms with E-state index in [9.17, 15) is 0 Å². The molecule has 0 aliphatic rings. The van der Waals surface area contributed by atoms with Crippen LogP contribution in [0.4, 0.5) is 0 Å². The molecule has 0 aliphatic carbocycles. The summed E-state index contributed by atoms with van der Waals surface area (Å²) in [7, 11) is 1.74. The van der Waals surface area contributed by atoms with Crippen LogP contribution in [0.2, 0.25) is 0 Å². The molecule has 1 aromatic rings. The average molecular weight is 310 g/mol. The molecule has 0 aliphatic heterocycles. The quantitative estimate of drug-likeness (QED) is 0.712. The number of methoxy groups -OCH3 is 1. The monoisotopic (exact) mass is 309 g/mol. The van der Waals surface area contributed by atoms with Crippen LogP contribution in [0, 0.1) is 19.8 Å². The third-order valence-corrected chi connectivity index (χ3v) is 5.01. The van der Waals surface area contributed by atoms with Gasteiger partial charge in [0.15, 0.2) is 0 Å². The molecule has 0 heterocycles. The largest absolute Gasteiger partial charge is 0.496 e. The van der Waals surface area contributed by atoms with Gasteiger partial charge in [0.25, 0.3) is 0 Å². The van der Waals surface area contributed by atoms with Gasteiger partial charge in [-0.2, -0.15) is 11.8 Å². The third kappa shape index (κ3) is 5.91. The van der Waals surface area contributed by atoms with Crippen molar-refractivity contribution < 1.29 is 4.74 Å². The van der Waals surface area contributed by atoms with Crippen molar-refractivity contribution >= 4 is 11.8 Å². The smallest absolute Gasteiger partial charge is 0.122 e.